The Morgan fingerprint density at radius 3 is 1.19 bits per heavy atom. The minimum absolute atomic E-state index is 0.357. The van der Waals surface area contributed by atoms with Crippen molar-refractivity contribution in [3.05, 3.63) is 59.2 Å². The molecular formula is C42H52O. The molecule has 43 heavy (non-hydrogen) atoms. The molecule has 12 bridgehead atoms. The molecule has 0 radical (unpaired) electrons. The maximum absolute atomic E-state index is 7.18. The van der Waals surface area contributed by atoms with Gasteiger partial charge < -0.3 is 4.74 Å². The topological polar surface area (TPSA) is 9.23 Å². The second kappa shape index (κ2) is 8.73. The van der Waals surface area contributed by atoms with Gasteiger partial charge in [0.15, 0.2) is 0 Å². The Morgan fingerprint density at radius 1 is 0.395 bits per heavy atom. The summed E-state index contributed by atoms with van der Waals surface area (Å²) in [6, 6.07) is 16.2. The van der Waals surface area contributed by atoms with Gasteiger partial charge >= 0.3 is 0 Å². The van der Waals surface area contributed by atoms with Gasteiger partial charge in [-0.15, -0.1) is 0 Å². The van der Waals surface area contributed by atoms with E-state index < -0.39 is 0 Å². The maximum atomic E-state index is 7.18. The van der Waals surface area contributed by atoms with E-state index in [9.17, 15) is 0 Å². The van der Waals surface area contributed by atoms with Crippen LogP contribution >= 0.6 is 0 Å². The minimum Gasteiger partial charge on any atom is -0.457 e. The molecule has 226 valence electrons. The van der Waals surface area contributed by atoms with Crippen LogP contribution in [0, 0.1) is 53.3 Å². The normalized spacial score (nSPS) is 49.6. The molecule has 0 saturated heterocycles. The van der Waals surface area contributed by atoms with E-state index in [0.717, 1.165) is 59.0 Å². The lowest BCUT2D eigenvalue weighted by Crippen LogP contribution is -2.55. The third-order valence-electron chi connectivity index (χ3n) is 15.9. The quantitative estimate of drug-likeness (QED) is 0.346. The first-order valence-corrected chi connectivity index (χ1v) is 18.9. The Kier molecular flexibility index (Phi) is 5.16. The van der Waals surface area contributed by atoms with Crippen molar-refractivity contribution in [3.63, 3.8) is 0 Å². The third kappa shape index (κ3) is 3.69. The first-order chi connectivity index (χ1) is 21.0. The highest BCUT2D eigenvalue weighted by Gasteiger charge is 2.60. The summed E-state index contributed by atoms with van der Waals surface area (Å²) in [4.78, 5) is 0. The van der Waals surface area contributed by atoms with Gasteiger partial charge in [0.2, 0.25) is 0 Å². The number of benzene rings is 2. The summed E-state index contributed by atoms with van der Waals surface area (Å²) >= 11 is 0. The zero-order chi connectivity index (χ0) is 28.0. The lowest BCUT2D eigenvalue weighted by molar-refractivity contribution is -0.0248. The van der Waals surface area contributed by atoms with Gasteiger partial charge in [-0.25, -0.2) is 0 Å². The summed E-state index contributed by atoms with van der Waals surface area (Å²) in [5.74, 6) is 11.2. The van der Waals surface area contributed by atoms with E-state index in [-0.39, 0.29) is 0 Å². The summed E-state index contributed by atoms with van der Waals surface area (Å²) in [6.07, 6.45) is 27.2. The fraction of sp³-hybridized carbons (Fsp3) is 0.714. The van der Waals surface area contributed by atoms with Gasteiger partial charge in [-0.2, -0.15) is 0 Å². The van der Waals surface area contributed by atoms with Crippen LogP contribution in [0.25, 0.3) is 0 Å². The molecule has 0 aromatic heterocycles. The fourth-order valence-corrected chi connectivity index (χ4v) is 16.1. The Morgan fingerprint density at radius 2 is 0.767 bits per heavy atom. The maximum Gasteiger partial charge on any atom is 0.131 e. The van der Waals surface area contributed by atoms with Gasteiger partial charge in [0.1, 0.15) is 11.5 Å². The molecule has 0 amide bonds. The van der Waals surface area contributed by atoms with E-state index in [2.05, 4.69) is 42.5 Å². The third-order valence-corrected chi connectivity index (χ3v) is 15.9. The molecule has 0 heterocycles. The van der Waals surface area contributed by atoms with E-state index in [1.807, 2.05) is 16.7 Å². The Hall–Kier alpha value is -1.76. The molecule has 0 spiro atoms. The summed E-state index contributed by atoms with van der Waals surface area (Å²) in [7, 11) is 0. The monoisotopic (exact) mass is 572 g/mol. The van der Waals surface area contributed by atoms with Crippen LogP contribution in [0.15, 0.2) is 42.5 Å². The summed E-state index contributed by atoms with van der Waals surface area (Å²) in [5, 5.41) is 0. The Labute approximate surface area is 259 Å². The van der Waals surface area contributed by atoms with Gasteiger partial charge in [-0.05, 0) is 209 Å². The minimum atomic E-state index is 0.357. The van der Waals surface area contributed by atoms with Crippen LogP contribution in [-0.4, -0.2) is 0 Å². The second-order valence-electron chi connectivity index (χ2n) is 18.9. The molecule has 12 aliphatic rings. The average molecular weight is 573 g/mol. The molecule has 0 unspecified atom stereocenters. The first kappa shape index (κ1) is 25.4. The molecule has 2 aromatic carbocycles. The number of hydrogen-bond donors (Lipinski definition) is 0. The lowest BCUT2D eigenvalue weighted by atomic mass is 9.41. The predicted molar refractivity (Wildman–Crippen MR) is 173 cm³/mol. The highest BCUT2D eigenvalue weighted by Crippen LogP contribution is 2.70. The molecule has 1 nitrogen and oxygen atoms in total. The van der Waals surface area contributed by atoms with Crippen molar-refractivity contribution in [2.45, 2.75) is 132 Å². The van der Waals surface area contributed by atoms with Gasteiger partial charge in [0.25, 0.3) is 0 Å². The van der Waals surface area contributed by atoms with Crippen LogP contribution in [0.4, 0.5) is 0 Å². The standard InChI is InChI=1S/C42H52O/c1-2-4-35(5-3-1)43-37-7-6-36(40-17-26-8-27(18-40)10-28(9-26)19-40)38(41-20-29-11-30(21-41)13-31(12-29)22-41)39(37)42-23-32-14-33(24-42)16-34(15-32)25-42/h1-7,26-34H,8-25H2. The molecule has 0 aliphatic heterocycles. The molecule has 0 atom stereocenters. The number of para-hydroxylation sites is 1. The number of ether oxygens (including phenoxy) is 1. The van der Waals surface area contributed by atoms with Crippen molar-refractivity contribution in [2.75, 3.05) is 0 Å². The van der Waals surface area contributed by atoms with E-state index >= 15 is 0 Å². The van der Waals surface area contributed by atoms with Crippen LogP contribution in [0.3, 0.4) is 0 Å². The smallest absolute Gasteiger partial charge is 0.131 e. The molecule has 1 heteroatoms. The van der Waals surface area contributed by atoms with E-state index in [4.69, 9.17) is 4.74 Å². The largest absolute Gasteiger partial charge is 0.457 e. The zero-order valence-corrected chi connectivity index (χ0v) is 26.4. The molecule has 14 rings (SSSR count). The summed E-state index contributed by atoms with van der Waals surface area (Å²) < 4.78 is 7.18. The van der Waals surface area contributed by atoms with Gasteiger partial charge in [0, 0.05) is 11.0 Å². The summed E-state index contributed by atoms with van der Waals surface area (Å²) in [5.41, 5.74) is 6.91. The SMILES string of the molecule is c1ccc(Oc2ccc(C34CC5CC(CC(C5)C3)C4)c(C34CC5CC(CC(C5)C3)C4)c2C23CC4CC(CC(C4)C2)C3)cc1. The predicted octanol–water partition coefficient (Wildman–Crippen LogP) is 10.9. The van der Waals surface area contributed by atoms with Crippen molar-refractivity contribution in [1.29, 1.82) is 0 Å². The molecule has 12 saturated carbocycles. The number of rotatable bonds is 5. The van der Waals surface area contributed by atoms with Crippen molar-refractivity contribution < 1.29 is 4.74 Å². The molecule has 2 aromatic rings. The fourth-order valence-electron chi connectivity index (χ4n) is 16.1. The molecular weight excluding hydrogens is 520 g/mol. The molecule has 12 fully saturated rings. The van der Waals surface area contributed by atoms with Crippen molar-refractivity contribution in [2.24, 2.45) is 53.3 Å². The van der Waals surface area contributed by atoms with E-state index in [1.165, 1.54) is 102 Å². The zero-order valence-electron chi connectivity index (χ0n) is 26.4. The second-order valence-corrected chi connectivity index (χ2v) is 18.9. The van der Waals surface area contributed by atoms with Crippen LogP contribution in [0.1, 0.15) is 132 Å². The van der Waals surface area contributed by atoms with E-state index in [0.29, 0.717) is 16.2 Å². The summed E-state index contributed by atoms with van der Waals surface area (Å²) in [6.45, 7) is 0. The lowest BCUT2D eigenvalue weighted by Gasteiger charge is -2.63. The van der Waals surface area contributed by atoms with Crippen molar-refractivity contribution in [1.82, 2.24) is 0 Å². The van der Waals surface area contributed by atoms with Crippen LogP contribution < -0.4 is 4.74 Å². The van der Waals surface area contributed by atoms with Crippen molar-refractivity contribution in [3.8, 4) is 11.5 Å². The Balaban J connectivity index is 1.18. The van der Waals surface area contributed by atoms with Crippen LogP contribution in [0.2, 0.25) is 0 Å². The highest BCUT2D eigenvalue weighted by molar-refractivity contribution is 5.58. The van der Waals surface area contributed by atoms with Crippen LogP contribution in [-0.2, 0) is 16.2 Å². The molecule has 12 aliphatic carbocycles. The van der Waals surface area contributed by atoms with Crippen molar-refractivity contribution >= 4 is 0 Å². The van der Waals surface area contributed by atoms with Gasteiger partial charge in [0.05, 0.1) is 0 Å². The number of hydrogen-bond acceptors (Lipinski definition) is 1. The highest BCUT2D eigenvalue weighted by atomic mass is 16.5. The first-order valence-electron chi connectivity index (χ1n) is 18.9. The van der Waals surface area contributed by atoms with Gasteiger partial charge in [-0.3, -0.25) is 0 Å². The van der Waals surface area contributed by atoms with Crippen LogP contribution in [0.5, 0.6) is 11.5 Å². The molecule has 0 N–H and O–H groups in total. The van der Waals surface area contributed by atoms with Gasteiger partial charge in [-0.1, -0.05) is 24.3 Å². The Bertz CT molecular complexity index is 1340. The average Bonchev–Trinajstić information content (AvgIpc) is 2.95. The van der Waals surface area contributed by atoms with E-state index in [1.54, 1.807) is 19.3 Å².